The lowest BCUT2D eigenvalue weighted by atomic mass is 9.94. The first kappa shape index (κ1) is 15.1. The van der Waals surface area contributed by atoms with Gasteiger partial charge in [-0.05, 0) is 30.0 Å². The van der Waals surface area contributed by atoms with Crippen molar-refractivity contribution < 1.29 is 9.72 Å². The first-order valence-corrected chi connectivity index (χ1v) is 6.51. The average Bonchev–Trinajstić information content (AvgIpc) is 2.40. The number of carbonyl (C=O) groups excluding carboxylic acids is 1. The number of hydrogen-bond acceptors (Lipinski definition) is 3. The van der Waals surface area contributed by atoms with E-state index < -0.39 is 0 Å². The molecule has 1 aromatic carbocycles. The summed E-state index contributed by atoms with van der Waals surface area (Å²) in [6.45, 7) is 8.58. The van der Waals surface area contributed by atoms with Gasteiger partial charge < -0.3 is 4.90 Å². The molecule has 0 aromatic heterocycles. The van der Waals surface area contributed by atoms with Crippen molar-refractivity contribution in [2.45, 2.75) is 40.7 Å². The molecular formula is C14H20N2O3. The number of rotatable bonds is 1. The standard InChI is InChI=1S/C12H14N2O3.C2H6/c1-8-5-11(14(16)17)6-10-7-13(9(2)15)4-3-12(8)10;1-2/h5-6H,3-4,7H2,1-2H3;1-2H3. The molecule has 0 atom stereocenters. The van der Waals surface area contributed by atoms with Crippen molar-refractivity contribution in [3.63, 3.8) is 0 Å². The summed E-state index contributed by atoms with van der Waals surface area (Å²) >= 11 is 0. The zero-order chi connectivity index (χ0) is 14.6. The number of amides is 1. The van der Waals surface area contributed by atoms with Gasteiger partial charge in [-0.2, -0.15) is 0 Å². The summed E-state index contributed by atoms with van der Waals surface area (Å²) in [7, 11) is 0. The highest BCUT2D eigenvalue weighted by Gasteiger charge is 2.22. The zero-order valence-corrected chi connectivity index (χ0v) is 11.9. The van der Waals surface area contributed by atoms with Crippen molar-refractivity contribution in [3.8, 4) is 0 Å². The Morgan fingerprint density at radius 3 is 2.53 bits per heavy atom. The molecule has 0 spiro atoms. The Morgan fingerprint density at radius 2 is 2.00 bits per heavy atom. The fourth-order valence-corrected chi connectivity index (χ4v) is 2.27. The molecule has 19 heavy (non-hydrogen) atoms. The van der Waals surface area contributed by atoms with Crippen LogP contribution in [0.1, 0.15) is 37.5 Å². The smallest absolute Gasteiger partial charge is 0.270 e. The third-order valence-electron chi connectivity index (χ3n) is 3.20. The molecule has 1 aromatic rings. The molecule has 1 amide bonds. The Kier molecular flexibility index (Phi) is 5.03. The number of aryl methyl sites for hydroxylation is 1. The first-order chi connectivity index (χ1) is 8.99. The Balaban J connectivity index is 0.000000861. The normalized spacial score (nSPS) is 13.2. The fraction of sp³-hybridized carbons (Fsp3) is 0.500. The van der Waals surface area contributed by atoms with Gasteiger partial charge in [-0.15, -0.1) is 0 Å². The van der Waals surface area contributed by atoms with Crippen LogP contribution < -0.4 is 0 Å². The van der Waals surface area contributed by atoms with E-state index in [0.717, 1.165) is 23.1 Å². The largest absolute Gasteiger partial charge is 0.338 e. The molecule has 2 rings (SSSR count). The molecular weight excluding hydrogens is 244 g/mol. The van der Waals surface area contributed by atoms with Crippen LogP contribution in [0.4, 0.5) is 5.69 Å². The number of benzene rings is 1. The number of fused-ring (bicyclic) bond motifs is 1. The SMILES string of the molecule is CC.CC(=O)N1CCc2c(C)cc([N+](=O)[O-])cc2C1. The van der Waals surface area contributed by atoms with Crippen LogP contribution in [0.2, 0.25) is 0 Å². The summed E-state index contributed by atoms with van der Waals surface area (Å²) in [6, 6.07) is 3.18. The van der Waals surface area contributed by atoms with E-state index in [1.54, 1.807) is 17.0 Å². The predicted molar refractivity (Wildman–Crippen MR) is 74.0 cm³/mol. The second-order valence-corrected chi connectivity index (χ2v) is 4.35. The van der Waals surface area contributed by atoms with Gasteiger partial charge in [0.2, 0.25) is 5.91 Å². The second kappa shape index (κ2) is 6.31. The van der Waals surface area contributed by atoms with Gasteiger partial charge in [-0.25, -0.2) is 0 Å². The maximum absolute atomic E-state index is 11.3. The van der Waals surface area contributed by atoms with E-state index >= 15 is 0 Å². The van der Waals surface area contributed by atoms with Crippen molar-refractivity contribution in [1.29, 1.82) is 0 Å². The number of hydrogen-bond donors (Lipinski definition) is 0. The van der Waals surface area contributed by atoms with E-state index in [0.29, 0.717) is 13.1 Å². The van der Waals surface area contributed by atoms with Gasteiger partial charge in [-0.3, -0.25) is 14.9 Å². The summed E-state index contributed by atoms with van der Waals surface area (Å²) in [5.41, 5.74) is 3.09. The third-order valence-corrected chi connectivity index (χ3v) is 3.20. The summed E-state index contributed by atoms with van der Waals surface area (Å²) in [6.07, 6.45) is 0.777. The molecule has 0 radical (unpaired) electrons. The lowest BCUT2D eigenvalue weighted by Gasteiger charge is -2.28. The highest BCUT2D eigenvalue weighted by Crippen LogP contribution is 2.27. The summed E-state index contributed by atoms with van der Waals surface area (Å²) in [4.78, 5) is 23.4. The number of nitro groups is 1. The first-order valence-electron chi connectivity index (χ1n) is 6.51. The fourth-order valence-electron chi connectivity index (χ4n) is 2.27. The molecule has 0 fully saturated rings. The van der Waals surface area contributed by atoms with E-state index in [9.17, 15) is 14.9 Å². The molecule has 0 saturated carbocycles. The molecule has 1 aliphatic heterocycles. The highest BCUT2D eigenvalue weighted by atomic mass is 16.6. The Morgan fingerprint density at radius 1 is 1.37 bits per heavy atom. The monoisotopic (exact) mass is 264 g/mol. The van der Waals surface area contributed by atoms with Gasteiger partial charge in [0, 0.05) is 32.1 Å². The summed E-state index contributed by atoms with van der Waals surface area (Å²) in [5, 5.41) is 10.8. The molecule has 0 saturated heterocycles. The molecule has 0 bridgehead atoms. The maximum atomic E-state index is 11.3. The Labute approximate surface area is 113 Å². The molecule has 104 valence electrons. The molecule has 0 aliphatic carbocycles. The third kappa shape index (κ3) is 3.30. The van der Waals surface area contributed by atoms with Crippen molar-refractivity contribution in [1.82, 2.24) is 4.90 Å². The number of nitro benzene ring substituents is 1. The molecule has 0 unspecified atom stereocenters. The second-order valence-electron chi connectivity index (χ2n) is 4.35. The van der Waals surface area contributed by atoms with Gasteiger partial charge in [0.25, 0.3) is 5.69 Å². The molecule has 5 heteroatoms. The van der Waals surface area contributed by atoms with Crippen molar-refractivity contribution >= 4 is 11.6 Å². The van der Waals surface area contributed by atoms with E-state index in [-0.39, 0.29) is 16.5 Å². The summed E-state index contributed by atoms with van der Waals surface area (Å²) < 4.78 is 0. The van der Waals surface area contributed by atoms with Gasteiger partial charge in [0.1, 0.15) is 0 Å². The molecule has 5 nitrogen and oxygen atoms in total. The van der Waals surface area contributed by atoms with Crippen molar-refractivity contribution in [3.05, 3.63) is 38.9 Å². The number of nitrogens with zero attached hydrogens (tertiary/aromatic N) is 2. The number of carbonyl (C=O) groups is 1. The van der Waals surface area contributed by atoms with Crippen molar-refractivity contribution in [2.75, 3.05) is 6.54 Å². The Hall–Kier alpha value is -1.91. The van der Waals surface area contributed by atoms with Gasteiger partial charge in [0.05, 0.1) is 4.92 Å². The van der Waals surface area contributed by atoms with Gasteiger partial charge >= 0.3 is 0 Å². The van der Waals surface area contributed by atoms with Crippen LogP contribution in [0, 0.1) is 17.0 Å². The van der Waals surface area contributed by atoms with Gasteiger partial charge in [-0.1, -0.05) is 13.8 Å². The topological polar surface area (TPSA) is 63.5 Å². The molecule has 1 heterocycles. The van der Waals surface area contributed by atoms with Crippen LogP contribution in [0.15, 0.2) is 12.1 Å². The van der Waals surface area contributed by atoms with Crippen LogP contribution in [0.3, 0.4) is 0 Å². The predicted octanol–water partition coefficient (Wildman–Crippen LogP) is 2.83. The maximum Gasteiger partial charge on any atom is 0.270 e. The van der Waals surface area contributed by atoms with E-state index in [1.807, 2.05) is 20.8 Å². The minimum absolute atomic E-state index is 0.0137. The van der Waals surface area contributed by atoms with E-state index in [2.05, 4.69) is 0 Å². The zero-order valence-electron chi connectivity index (χ0n) is 11.9. The molecule has 1 aliphatic rings. The lowest BCUT2D eigenvalue weighted by molar-refractivity contribution is -0.385. The van der Waals surface area contributed by atoms with E-state index in [4.69, 9.17) is 0 Å². The van der Waals surface area contributed by atoms with Crippen LogP contribution in [-0.4, -0.2) is 22.3 Å². The van der Waals surface area contributed by atoms with Crippen LogP contribution in [0.25, 0.3) is 0 Å². The van der Waals surface area contributed by atoms with E-state index in [1.165, 1.54) is 6.92 Å². The van der Waals surface area contributed by atoms with Crippen LogP contribution >= 0.6 is 0 Å². The molecule has 0 N–H and O–H groups in total. The van der Waals surface area contributed by atoms with Gasteiger partial charge in [0.15, 0.2) is 0 Å². The Bertz CT molecular complexity index is 498. The minimum Gasteiger partial charge on any atom is -0.338 e. The van der Waals surface area contributed by atoms with Crippen LogP contribution in [-0.2, 0) is 17.8 Å². The number of non-ortho nitro benzene ring substituents is 1. The van der Waals surface area contributed by atoms with Crippen LogP contribution in [0.5, 0.6) is 0 Å². The minimum atomic E-state index is -0.389. The quantitative estimate of drug-likeness (QED) is 0.578. The average molecular weight is 264 g/mol. The lowest BCUT2D eigenvalue weighted by Crippen LogP contribution is -2.34. The van der Waals surface area contributed by atoms with Crippen molar-refractivity contribution in [2.24, 2.45) is 0 Å². The summed E-state index contributed by atoms with van der Waals surface area (Å²) in [5.74, 6) is 0.0137. The highest BCUT2D eigenvalue weighted by molar-refractivity contribution is 5.73.